The maximum Gasteiger partial charge on any atom is 0.116 e. The zero-order valence-corrected chi connectivity index (χ0v) is 10.4. The van der Waals surface area contributed by atoms with Crippen LogP contribution in [-0.4, -0.2) is 5.00 Å². The predicted octanol–water partition coefficient (Wildman–Crippen LogP) is 3.62. The van der Waals surface area contributed by atoms with E-state index in [4.69, 9.17) is 17.3 Å². The highest BCUT2D eigenvalue weighted by Gasteiger charge is 2.26. The molecular formula is C14H16ClN. The molecule has 0 saturated carbocycles. The van der Waals surface area contributed by atoms with Crippen molar-refractivity contribution in [1.29, 1.82) is 0 Å². The Kier molecular flexibility index (Phi) is 2.92. The van der Waals surface area contributed by atoms with Crippen molar-refractivity contribution >= 4 is 17.2 Å². The van der Waals surface area contributed by atoms with Crippen LogP contribution >= 0.6 is 11.6 Å². The molecule has 0 amide bonds. The zero-order valence-electron chi connectivity index (χ0n) is 9.63. The fourth-order valence-electron chi connectivity index (χ4n) is 1.92. The van der Waals surface area contributed by atoms with E-state index in [1.165, 1.54) is 16.7 Å². The summed E-state index contributed by atoms with van der Waals surface area (Å²) >= 11 is 6.18. The van der Waals surface area contributed by atoms with Crippen LogP contribution in [0.4, 0.5) is 0 Å². The van der Waals surface area contributed by atoms with E-state index < -0.39 is 5.00 Å². The van der Waals surface area contributed by atoms with Gasteiger partial charge < -0.3 is 5.73 Å². The average Bonchev–Trinajstić information content (AvgIpc) is 2.23. The Morgan fingerprint density at radius 2 is 1.94 bits per heavy atom. The fourth-order valence-corrected chi connectivity index (χ4v) is 2.05. The molecular weight excluding hydrogens is 218 g/mol. The highest BCUT2D eigenvalue weighted by atomic mass is 35.5. The third-order valence-electron chi connectivity index (χ3n) is 3.10. The number of allylic oxidation sites excluding steroid dienone is 2. The molecule has 0 fully saturated rings. The molecule has 0 spiro atoms. The van der Waals surface area contributed by atoms with E-state index in [0.717, 1.165) is 5.57 Å². The van der Waals surface area contributed by atoms with Crippen molar-refractivity contribution < 1.29 is 0 Å². The van der Waals surface area contributed by atoms with Crippen LogP contribution in [0, 0.1) is 6.92 Å². The van der Waals surface area contributed by atoms with Crippen molar-refractivity contribution in [3.63, 3.8) is 0 Å². The fraction of sp³-hybridized carbons (Fsp3) is 0.286. The molecule has 16 heavy (non-hydrogen) atoms. The largest absolute Gasteiger partial charge is 0.309 e. The first kappa shape index (κ1) is 11.4. The first-order valence-corrected chi connectivity index (χ1v) is 5.81. The summed E-state index contributed by atoms with van der Waals surface area (Å²) in [7, 11) is 0. The topological polar surface area (TPSA) is 26.0 Å². The number of benzene rings is 1. The molecule has 1 aliphatic carbocycles. The molecule has 0 aromatic heterocycles. The van der Waals surface area contributed by atoms with E-state index in [1.54, 1.807) is 0 Å². The van der Waals surface area contributed by atoms with Crippen LogP contribution < -0.4 is 5.73 Å². The number of hydrogen-bond donors (Lipinski definition) is 1. The summed E-state index contributed by atoms with van der Waals surface area (Å²) in [5.41, 5.74) is 10.7. The van der Waals surface area contributed by atoms with Crippen LogP contribution in [0.3, 0.4) is 0 Å². The van der Waals surface area contributed by atoms with E-state index in [0.29, 0.717) is 6.42 Å². The molecule has 1 unspecified atom stereocenters. The van der Waals surface area contributed by atoms with Crippen LogP contribution in [0.25, 0.3) is 5.57 Å². The Morgan fingerprint density at radius 3 is 2.56 bits per heavy atom. The highest BCUT2D eigenvalue weighted by Crippen LogP contribution is 2.33. The second-order valence-corrected chi connectivity index (χ2v) is 5.04. The molecule has 2 rings (SSSR count). The van der Waals surface area contributed by atoms with E-state index >= 15 is 0 Å². The van der Waals surface area contributed by atoms with Gasteiger partial charge in [0, 0.05) is 6.42 Å². The van der Waals surface area contributed by atoms with Gasteiger partial charge in [-0.05, 0) is 36.1 Å². The molecule has 0 radical (unpaired) electrons. The lowest BCUT2D eigenvalue weighted by molar-refractivity contribution is 0.697. The van der Waals surface area contributed by atoms with E-state index in [2.05, 4.69) is 37.3 Å². The molecule has 2 heteroatoms. The zero-order chi connectivity index (χ0) is 11.8. The van der Waals surface area contributed by atoms with Crippen LogP contribution in [0.2, 0.25) is 0 Å². The van der Waals surface area contributed by atoms with Gasteiger partial charge in [-0.3, -0.25) is 0 Å². The molecule has 0 bridgehead atoms. The van der Waals surface area contributed by atoms with Crippen molar-refractivity contribution in [2.75, 3.05) is 0 Å². The first-order chi connectivity index (χ1) is 7.50. The molecule has 0 heterocycles. The Bertz CT molecular complexity index is 469. The number of hydrogen-bond acceptors (Lipinski definition) is 1. The van der Waals surface area contributed by atoms with E-state index in [9.17, 15) is 0 Å². The second-order valence-electron chi connectivity index (χ2n) is 4.37. The third kappa shape index (κ3) is 2.06. The Labute approximate surface area is 102 Å². The van der Waals surface area contributed by atoms with Crippen LogP contribution in [0.5, 0.6) is 0 Å². The molecule has 1 aromatic rings. The van der Waals surface area contributed by atoms with Crippen LogP contribution in [0.1, 0.15) is 24.5 Å². The van der Waals surface area contributed by atoms with Gasteiger partial charge in [-0.15, -0.1) is 0 Å². The summed E-state index contributed by atoms with van der Waals surface area (Å²) in [6.07, 6.45) is 4.88. The summed E-state index contributed by atoms with van der Waals surface area (Å²) in [5, 5.41) is 0. The Morgan fingerprint density at radius 1 is 1.25 bits per heavy atom. The highest BCUT2D eigenvalue weighted by molar-refractivity contribution is 6.25. The standard InChI is InChI=1S/C14H16ClN/c1-10-5-3-4-6-13(10)12-7-8-14(15,16)11(2)9-12/h3-7,9H,8,16H2,1-2H3. The number of rotatable bonds is 1. The molecule has 0 saturated heterocycles. The normalized spacial score (nSPS) is 25.0. The molecule has 1 aliphatic rings. The van der Waals surface area contributed by atoms with Crippen LogP contribution in [0.15, 0.2) is 42.0 Å². The third-order valence-corrected chi connectivity index (χ3v) is 3.56. The smallest absolute Gasteiger partial charge is 0.116 e. The molecule has 0 aliphatic heterocycles. The van der Waals surface area contributed by atoms with E-state index in [-0.39, 0.29) is 0 Å². The van der Waals surface area contributed by atoms with Gasteiger partial charge in [0.15, 0.2) is 0 Å². The van der Waals surface area contributed by atoms with E-state index in [1.807, 2.05) is 13.0 Å². The first-order valence-electron chi connectivity index (χ1n) is 5.43. The van der Waals surface area contributed by atoms with Gasteiger partial charge in [0.05, 0.1) is 0 Å². The average molecular weight is 234 g/mol. The van der Waals surface area contributed by atoms with Gasteiger partial charge in [0.1, 0.15) is 5.00 Å². The maximum absolute atomic E-state index is 6.18. The second kappa shape index (κ2) is 4.08. The van der Waals surface area contributed by atoms with Crippen molar-refractivity contribution in [2.24, 2.45) is 5.73 Å². The lowest BCUT2D eigenvalue weighted by Crippen LogP contribution is -2.35. The molecule has 84 valence electrons. The van der Waals surface area contributed by atoms with Crippen LogP contribution in [-0.2, 0) is 0 Å². The quantitative estimate of drug-likeness (QED) is 0.582. The van der Waals surface area contributed by atoms with Gasteiger partial charge in [0.2, 0.25) is 0 Å². The lowest BCUT2D eigenvalue weighted by atomic mass is 9.90. The number of nitrogens with two attached hydrogens (primary N) is 1. The minimum absolute atomic E-state index is 0.681. The Hall–Kier alpha value is -1.05. The van der Waals surface area contributed by atoms with Crippen molar-refractivity contribution in [3.8, 4) is 0 Å². The van der Waals surface area contributed by atoms with Gasteiger partial charge >= 0.3 is 0 Å². The monoisotopic (exact) mass is 233 g/mol. The Balaban J connectivity index is 2.40. The van der Waals surface area contributed by atoms with Gasteiger partial charge in [-0.2, -0.15) is 0 Å². The summed E-state index contributed by atoms with van der Waals surface area (Å²) in [5.74, 6) is 0. The predicted molar refractivity (Wildman–Crippen MR) is 70.3 cm³/mol. The summed E-state index contributed by atoms with van der Waals surface area (Å²) in [4.78, 5) is -0.702. The minimum atomic E-state index is -0.702. The number of aryl methyl sites for hydroxylation is 1. The van der Waals surface area contributed by atoms with Crippen molar-refractivity contribution in [2.45, 2.75) is 25.3 Å². The van der Waals surface area contributed by atoms with Gasteiger partial charge in [-0.1, -0.05) is 48.0 Å². The SMILES string of the molecule is CC1=CC(c2ccccc2C)=CCC1(N)Cl. The lowest BCUT2D eigenvalue weighted by Gasteiger charge is -2.26. The van der Waals surface area contributed by atoms with Gasteiger partial charge in [0.25, 0.3) is 0 Å². The minimum Gasteiger partial charge on any atom is -0.309 e. The molecule has 1 nitrogen and oxygen atoms in total. The summed E-state index contributed by atoms with van der Waals surface area (Å²) < 4.78 is 0. The number of alkyl halides is 1. The van der Waals surface area contributed by atoms with Crippen molar-refractivity contribution in [3.05, 3.63) is 53.1 Å². The number of halogens is 1. The summed E-state index contributed by atoms with van der Waals surface area (Å²) in [6, 6.07) is 8.35. The van der Waals surface area contributed by atoms with Crippen molar-refractivity contribution in [1.82, 2.24) is 0 Å². The molecule has 2 N–H and O–H groups in total. The van der Waals surface area contributed by atoms with Gasteiger partial charge in [-0.25, -0.2) is 0 Å². The molecule has 1 aromatic carbocycles. The molecule has 1 atom stereocenters. The summed E-state index contributed by atoms with van der Waals surface area (Å²) in [6.45, 7) is 4.10. The maximum atomic E-state index is 6.18.